The van der Waals surface area contributed by atoms with Gasteiger partial charge in [0.2, 0.25) is 0 Å². The molecule has 1 fully saturated rings. The van der Waals surface area contributed by atoms with Gasteiger partial charge in [0.25, 0.3) is 0 Å². The van der Waals surface area contributed by atoms with Gasteiger partial charge in [0, 0.05) is 23.0 Å². The van der Waals surface area contributed by atoms with Crippen LogP contribution < -0.4 is 5.32 Å². The quantitative estimate of drug-likeness (QED) is 0.753. The molecule has 3 heteroatoms. The van der Waals surface area contributed by atoms with Crippen molar-refractivity contribution in [3.63, 3.8) is 0 Å². The van der Waals surface area contributed by atoms with Crippen molar-refractivity contribution in [3.05, 3.63) is 64.2 Å². The number of halogens is 1. The number of hydrogen-bond donors (Lipinski definition) is 1. The second-order valence-electron chi connectivity index (χ2n) is 6.82. The number of carbonyl (C=O) groups is 1. The van der Waals surface area contributed by atoms with Gasteiger partial charge in [-0.25, -0.2) is 0 Å². The maximum Gasteiger partial charge on any atom is 0.138 e. The Labute approximate surface area is 149 Å². The van der Waals surface area contributed by atoms with Crippen LogP contribution in [-0.2, 0) is 4.79 Å². The number of Topliss-reactive ketones (excluding diaryl/α,β-unsaturated/α-hetero) is 1. The highest BCUT2D eigenvalue weighted by atomic mass is 35.5. The van der Waals surface area contributed by atoms with Crippen LogP contribution in [0.25, 0.3) is 0 Å². The van der Waals surface area contributed by atoms with Crippen LogP contribution in [0, 0.1) is 19.8 Å². The van der Waals surface area contributed by atoms with E-state index in [9.17, 15) is 4.79 Å². The maximum atomic E-state index is 12.5. The van der Waals surface area contributed by atoms with Gasteiger partial charge in [0.15, 0.2) is 0 Å². The van der Waals surface area contributed by atoms with E-state index < -0.39 is 0 Å². The molecule has 0 saturated heterocycles. The predicted molar refractivity (Wildman–Crippen MR) is 101 cm³/mol. The lowest BCUT2D eigenvalue weighted by Crippen LogP contribution is -2.30. The Morgan fingerprint density at radius 3 is 2.50 bits per heavy atom. The fourth-order valence-corrected chi connectivity index (χ4v) is 3.60. The van der Waals surface area contributed by atoms with Crippen LogP contribution in [0.1, 0.15) is 48.4 Å². The third kappa shape index (κ3) is 3.81. The van der Waals surface area contributed by atoms with E-state index in [1.807, 2.05) is 25.1 Å². The minimum atomic E-state index is -0.00262. The van der Waals surface area contributed by atoms with Crippen molar-refractivity contribution in [1.29, 1.82) is 0 Å². The van der Waals surface area contributed by atoms with E-state index in [2.05, 4.69) is 36.5 Å². The highest BCUT2D eigenvalue weighted by Crippen LogP contribution is 2.35. The Morgan fingerprint density at radius 1 is 1.08 bits per heavy atom. The summed E-state index contributed by atoms with van der Waals surface area (Å²) in [5.74, 6) is 0.402. The van der Waals surface area contributed by atoms with E-state index in [-0.39, 0.29) is 12.0 Å². The minimum absolute atomic E-state index is 0.00262. The summed E-state index contributed by atoms with van der Waals surface area (Å²) in [6, 6.07) is 14.5. The average Bonchev–Trinajstić information content (AvgIpc) is 2.58. The highest BCUT2D eigenvalue weighted by Gasteiger charge is 2.31. The first-order valence-electron chi connectivity index (χ1n) is 8.66. The van der Waals surface area contributed by atoms with Crippen molar-refractivity contribution >= 4 is 23.1 Å². The molecular formula is C21H24ClNO. The number of carbonyl (C=O) groups excluding carboxylic acids is 1. The number of aryl methyl sites for hydroxylation is 2. The molecule has 1 aliphatic carbocycles. The fraction of sp³-hybridized carbons (Fsp3) is 0.381. The molecule has 0 aromatic heterocycles. The highest BCUT2D eigenvalue weighted by molar-refractivity contribution is 6.31. The zero-order valence-corrected chi connectivity index (χ0v) is 15.1. The standard InChI is InChI=1S/C21H24ClNO/c1-14-7-10-16(11-8-14)21(18-5-3-4-6-20(18)24)23-17-12-9-15(2)19(22)13-17/h7-13,18,21,23H,3-6H2,1-2H3/t18-,21+/m1/s1. The largest absolute Gasteiger partial charge is 0.377 e. The molecule has 0 heterocycles. The Bertz CT molecular complexity index is 723. The number of hydrogen-bond acceptors (Lipinski definition) is 2. The second kappa shape index (κ2) is 7.40. The second-order valence-corrected chi connectivity index (χ2v) is 7.22. The summed E-state index contributed by atoms with van der Waals surface area (Å²) in [7, 11) is 0. The van der Waals surface area contributed by atoms with Crippen LogP contribution in [0.15, 0.2) is 42.5 Å². The molecule has 0 spiro atoms. The summed E-state index contributed by atoms with van der Waals surface area (Å²) in [6.45, 7) is 4.08. The first-order valence-corrected chi connectivity index (χ1v) is 9.04. The van der Waals surface area contributed by atoms with Crippen molar-refractivity contribution in [3.8, 4) is 0 Å². The van der Waals surface area contributed by atoms with Gasteiger partial charge < -0.3 is 5.32 Å². The van der Waals surface area contributed by atoms with Crippen molar-refractivity contribution in [2.24, 2.45) is 5.92 Å². The van der Waals surface area contributed by atoms with Gasteiger partial charge in [-0.15, -0.1) is 0 Å². The molecule has 0 unspecified atom stereocenters. The van der Waals surface area contributed by atoms with Crippen molar-refractivity contribution < 1.29 is 4.79 Å². The van der Waals surface area contributed by atoms with Gasteiger partial charge in [-0.3, -0.25) is 4.79 Å². The molecule has 2 atom stereocenters. The SMILES string of the molecule is Cc1ccc([C@H](Nc2ccc(C)c(Cl)c2)[C@@H]2CCCCC2=O)cc1. The molecule has 3 rings (SSSR count). The minimum Gasteiger partial charge on any atom is -0.377 e. The van der Waals surface area contributed by atoms with E-state index in [0.717, 1.165) is 41.1 Å². The summed E-state index contributed by atoms with van der Waals surface area (Å²) in [6.07, 6.45) is 3.79. The maximum absolute atomic E-state index is 12.5. The Hall–Kier alpha value is -1.80. The summed E-state index contributed by atoms with van der Waals surface area (Å²) >= 11 is 6.27. The molecule has 2 aromatic carbocycles. The molecule has 2 aromatic rings. The molecule has 126 valence electrons. The molecule has 0 bridgehead atoms. The van der Waals surface area contributed by atoms with Gasteiger partial charge >= 0.3 is 0 Å². The zero-order valence-electron chi connectivity index (χ0n) is 14.3. The first-order chi connectivity index (χ1) is 11.5. The van der Waals surface area contributed by atoms with Gasteiger partial charge in [-0.05, 0) is 49.9 Å². The van der Waals surface area contributed by atoms with E-state index in [1.54, 1.807) is 0 Å². The van der Waals surface area contributed by atoms with Gasteiger partial charge in [0.1, 0.15) is 5.78 Å². The topological polar surface area (TPSA) is 29.1 Å². The van der Waals surface area contributed by atoms with E-state index in [1.165, 1.54) is 5.56 Å². The molecule has 1 N–H and O–H groups in total. The fourth-order valence-electron chi connectivity index (χ4n) is 3.41. The Kier molecular flexibility index (Phi) is 5.25. The van der Waals surface area contributed by atoms with E-state index in [0.29, 0.717) is 12.2 Å². The average molecular weight is 342 g/mol. The number of nitrogens with one attached hydrogen (secondary N) is 1. The molecule has 0 aliphatic heterocycles. The van der Waals surface area contributed by atoms with Crippen LogP contribution in [-0.4, -0.2) is 5.78 Å². The van der Waals surface area contributed by atoms with Crippen LogP contribution in [0.4, 0.5) is 5.69 Å². The normalized spacial score (nSPS) is 19.1. The molecule has 0 amide bonds. The number of benzene rings is 2. The van der Waals surface area contributed by atoms with Gasteiger partial charge in [-0.2, -0.15) is 0 Å². The number of anilines is 1. The van der Waals surface area contributed by atoms with Crippen molar-refractivity contribution in [2.45, 2.75) is 45.6 Å². The summed E-state index contributed by atoms with van der Waals surface area (Å²) in [4.78, 5) is 12.5. The Balaban J connectivity index is 1.92. The molecule has 1 saturated carbocycles. The number of rotatable bonds is 4. The van der Waals surface area contributed by atoms with Crippen molar-refractivity contribution in [2.75, 3.05) is 5.32 Å². The van der Waals surface area contributed by atoms with Crippen LogP contribution >= 0.6 is 11.6 Å². The van der Waals surface area contributed by atoms with Gasteiger partial charge in [-0.1, -0.05) is 53.9 Å². The molecule has 24 heavy (non-hydrogen) atoms. The monoisotopic (exact) mass is 341 g/mol. The van der Waals surface area contributed by atoms with E-state index >= 15 is 0 Å². The van der Waals surface area contributed by atoms with Crippen molar-refractivity contribution in [1.82, 2.24) is 0 Å². The first kappa shape index (κ1) is 17.0. The smallest absolute Gasteiger partial charge is 0.138 e. The third-order valence-corrected chi connectivity index (χ3v) is 5.34. The van der Waals surface area contributed by atoms with Gasteiger partial charge in [0.05, 0.1) is 6.04 Å². The van der Waals surface area contributed by atoms with Crippen LogP contribution in [0.5, 0.6) is 0 Å². The molecule has 2 nitrogen and oxygen atoms in total. The molecule has 0 radical (unpaired) electrons. The molecule has 1 aliphatic rings. The molecular weight excluding hydrogens is 318 g/mol. The lowest BCUT2D eigenvalue weighted by atomic mass is 9.80. The van der Waals surface area contributed by atoms with Crippen LogP contribution in [0.3, 0.4) is 0 Å². The Morgan fingerprint density at radius 2 is 1.83 bits per heavy atom. The van der Waals surface area contributed by atoms with Crippen LogP contribution in [0.2, 0.25) is 5.02 Å². The lowest BCUT2D eigenvalue weighted by Gasteiger charge is -2.31. The lowest BCUT2D eigenvalue weighted by molar-refractivity contribution is -0.125. The third-order valence-electron chi connectivity index (χ3n) is 4.93. The predicted octanol–water partition coefficient (Wildman–Crippen LogP) is 5.87. The zero-order chi connectivity index (χ0) is 17.1. The summed E-state index contributed by atoms with van der Waals surface area (Å²) in [5, 5.41) is 4.33. The summed E-state index contributed by atoms with van der Waals surface area (Å²) in [5.41, 5.74) is 4.42. The van der Waals surface area contributed by atoms with E-state index in [4.69, 9.17) is 11.6 Å². The number of ketones is 1. The summed E-state index contributed by atoms with van der Waals surface area (Å²) < 4.78 is 0.